The molecule has 0 saturated carbocycles. The lowest BCUT2D eigenvalue weighted by molar-refractivity contribution is 0.439. The molecular formula is C16H12Br2N2O. The SMILES string of the molecule is Cc1cccc(-c2noc(N)c2-c2ccc(Br)cc2)c1Br. The van der Waals surface area contributed by atoms with Gasteiger partial charge in [-0.05, 0) is 46.1 Å². The van der Waals surface area contributed by atoms with Gasteiger partial charge in [0.25, 0.3) is 0 Å². The van der Waals surface area contributed by atoms with Crippen LogP contribution >= 0.6 is 31.9 Å². The third-order valence-corrected chi connectivity index (χ3v) is 4.88. The van der Waals surface area contributed by atoms with E-state index in [9.17, 15) is 0 Å². The van der Waals surface area contributed by atoms with Crippen LogP contribution in [0.5, 0.6) is 0 Å². The Morgan fingerprint density at radius 3 is 2.48 bits per heavy atom. The van der Waals surface area contributed by atoms with Crippen molar-refractivity contribution in [3.8, 4) is 22.4 Å². The van der Waals surface area contributed by atoms with Crippen molar-refractivity contribution in [2.24, 2.45) is 0 Å². The van der Waals surface area contributed by atoms with E-state index in [4.69, 9.17) is 10.3 Å². The summed E-state index contributed by atoms with van der Waals surface area (Å²) in [6.45, 7) is 2.04. The minimum Gasteiger partial charge on any atom is -0.367 e. The molecule has 106 valence electrons. The van der Waals surface area contributed by atoms with Gasteiger partial charge < -0.3 is 10.3 Å². The number of nitrogens with zero attached hydrogens (tertiary/aromatic N) is 1. The molecule has 0 unspecified atom stereocenters. The van der Waals surface area contributed by atoms with Gasteiger partial charge >= 0.3 is 0 Å². The molecule has 0 spiro atoms. The maximum Gasteiger partial charge on any atom is 0.230 e. The Labute approximate surface area is 139 Å². The highest BCUT2D eigenvalue weighted by Crippen LogP contribution is 2.40. The summed E-state index contributed by atoms with van der Waals surface area (Å²) in [6.07, 6.45) is 0. The number of halogens is 2. The molecule has 0 aliphatic rings. The Hall–Kier alpha value is -1.59. The summed E-state index contributed by atoms with van der Waals surface area (Å²) >= 11 is 7.05. The second-order valence-electron chi connectivity index (χ2n) is 4.71. The van der Waals surface area contributed by atoms with Crippen LogP contribution in [-0.4, -0.2) is 5.16 Å². The molecule has 0 aliphatic heterocycles. The average Bonchev–Trinajstić information content (AvgIpc) is 2.85. The summed E-state index contributed by atoms with van der Waals surface area (Å²) in [4.78, 5) is 0. The molecule has 0 radical (unpaired) electrons. The topological polar surface area (TPSA) is 52.0 Å². The number of nitrogens with two attached hydrogens (primary N) is 1. The predicted octanol–water partition coefficient (Wildman–Crippen LogP) is 5.42. The molecule has 21 heavy (non-hydrogen) atoms. The highest BCUT2D eigenvalue weighted by Gasteiger charge is 2.19. The van der Waals surface area contributed by atoms with Gasteiger partial charge in [0, 0.05) is 14.5 Å². The Balaban J connectivity index is 2.22. The second kappa shape index (κ2) is 5.66. The molecule has 0 aliphatic carbocycles. The molecule has 1 aromatic heterocycles. The van der Waals surface area contributed by atoms with Crippen LogP contribution in [0.3, 0.4) is 0 Å². The van der Waals surface area contributed by atoms with Crippen molar-refractivity contribution >= 4 is 37.7 Å². The lowest BCUT2D eigenvalue weighted by atomic mass is 10.00. The number of benzene rings is 2. The number of hydrogen-bond acceptors (Lipinski definition) is 3. The van der Waals surface area contributed by atoms with Gasteiger partial charge in [0.1, 0.15) is 5.69 Å². The van der Waals surface area contributed by atoms with E-state index < -0.39 is 0 Å². The maximum atomic E-state index is 5.98. The van der Waals surface area contributed by atoms with Gasteiger partial charge in [-0.25, -0.2) is 0 Å². The Morgan fingerprint density at radius 1 is 1.05 bits per heavy atom. The molecule has 0 amide bonds. The molecule has 0 fully saturated rings. The van der Waals surface area contributed by atoms with E-state index in [0.717, 1.165) is 36.9 Å². The molecule has 3 rings (SSSR count). The van der Waals surface area contributed by atoms with Crippen molar-refractivity contribution in [2.45, 2.75) is 6.92 Å². The van der Waals surface area contributed by atoms with Crippen LogP contribution < -0.4 is 5.73 Å². The largest absolute Gasteiger partial charge is 0.367 e. The third kappa shape index (κ3) is 2.63. The number of aromatic nitrogens is 1. The Morgan fingerprint density at radius 2 is 1.76 bits per heavy atom. The highest BCUT2D eigenvalue weighted by atomic mass is 79.9. The Kier molecular flexibility index (Phi) is 3.87. The molecular weight excluding hydrogens is 396 g/mol. The zero-order valence-electron chi connectivity index (χ0n) is 11.2. The minimum absolute atomic E-state index is 0.320. The van der Waals surface area contributed by atoms with Gasteiger partial charge in [-0.2, -0.15) is 0 Å². The lowest BCUT2D eigenvalue weighted by Gasteiger charge is -2.07. The highest BCUT2D eigenvalue weighted by molar-refractivity contribution is 9.10. The summed E-state index contributed by atoms with van der Waals surface area (Å²) in [7, 11) is 0. The normalized spacial score (nSPS) is 10.8. The molecule has 3 aromatic rings. The molecule has 0 bridgehead atoms. The molecule has 1 heterocycles. The van der Waals surface area contributed by atoms with E-state index in [0.29, 0.717) is 5.88 Å². The number of anilines is 1. The van der Waals surface area contributed by atoms with Crippen LogP contribution in [0.15, 0.2) is 55.9 Å². The van der Waals surface area contributed by atoms with Crippen molar-refractivity contribution in [1.29, 1.82) is 0 Å². The van der Waals surface area contributed by atoms with E-state index in [1.807, 2.05) is 49.4 Å². The molecule has 3 nitrogen and oxygen atoms in total. The quantitative estimate of drug-likeness (QED) is 0.616. The van der Waals surface area contributed by atoms with E-state index in [1.165, 1.54) is 0 Å². The fourth-order valence-electron chi connectivity index (χ4n) is 2.21. The first-order valence-corrected chi connectivity index (χ1v) is 7.93. The van der Waals surface area contributed by atoms with E-state index in [2.05, 4.69) is 37.0 Å². The molecule has 2 aromatic carbocycles. The fraction of sp³-hybridized carbons (Fsp3) is 0.0625. The van der Waals surface area contributed by atoms with Crippen molar-refractivity contribution in [3.63, 3.8) is 0 Å². The minimum atomic E-state index is 0.320. The molecule has 0 saturated heterocycles. The number of hydrogen-bond donors (Lipinski definition) is 1. The van der Waals surface area contributed by atoms with Crippen molar-refractivity contribution < 1.29 is 4.52 Å². The predicted molar refractivity (Wildman–Crippen MR) is 91.9 cm³/mol. The number of nitrogen functional groups attached to an aromatic ring is 1. The van der Waals surface area contributed by atoms with Crippen LogP contribution in [0, 0.1) is 6.92 Å². The average molecular weight is 408 g/mol. The zero-order valence-corrected chi connectivity index (χ0v) is 14.4. The summed E-state index contributed by atoms with van der Waals surface area (Å²) < 4.78 is 7.24. The third-order valence-electron chi connectivity index (χ3n) is 3.30. The van der Waals surface area contributed by atoms with Crippen molar-refractivity contribution in [3.05, 3.63) is 57.0 Å². The van der Waals surface area contributed by atoms with Crippen LogP contribution in [-0.2, 0) is 0 Å². The first kappa shape index (κ1) is 14.4. The first-order valence-electron chi connectivity index (χ1n) is 6.34. The summed E-state index contributed by atoms with van der Waals surface area (Å²) in [5.41, 5.74) is 10.6. The van der Waals surface area contributed by atoms with E-state index in [1.54, 1.807) is 0 Å². The monoisotopic (exact) mass is 406 g/mol. The standard InChI is InChI=1S/C16H12Br2N2O/c1-9-3-2-4-12(14(9)18)15-13(16(19)21-20-15)10-5-7-11(17)8-6-10/h2-8H,19H2,1H3. The van der Waals surface area contributed by atoms with Gasteiger partial charge in [-0.1, -0.05) is 51.4 Å². The van der Waals surface area contributed by atoms with E-state index in [-0.39, 0.29) is 0 Å². The van der Waals surface area contributed by atoms with Gasteiger partial charge in [0.15, 0.2) is 0 Å². The van der Waals surface area contributed by atoms with Gasteiger partial charge in [-0.15, -0.1) is 0 Å². The summed E-state index contributed by atoms with van der Waals surface area (Å²) in [6, 6.07) is 13.9. The molecule has 5 heteroatoms. The van der Waals surface area contributed by atoms with Crippen molar-refractivity contribution in [2.75, 3.05) is 5.73 Å². The molecule has 0 atom stereocenters. The molecule has 2 N–H and O–H groups in total. The zero-order chi connectivity index (χ0) is 15.0. The number of rotatable bonds is 2. The van der Waals surface area contributed by atoms with Crippen LogP contribution in [0.4, 0.5) is 5.88 Å². The smallest absolute Gasteiger partial charge is 0.230 e. The maximum absolute atomic E-state index is 5.98. The van der Waals surface area contributed by atoms with Crippen LogP contribution in [0.1, 0.15) is 5.56 Å². The number of aryl methyl sites for hydroxylation is 1. The fourth-order valence-corrected chi connectivity index (χ4v) is 2.93. The Bertz CT molecular complexity index is 795. The van der Waals surface area contributed by atoms with Crippen LogP contribution in [0.2, 0.25) is 0 Å². The van der Waals surface area contributed by atoms with Crippen molar-refractivity contribution in [1.82, 2.24) is 5.16 Å². The van der Waals surface area contributed by atoms with Gasteiger partial charge in [0.2, 0.25) is 5.88 Å². The van der Waals surface area contributed by atoms with Gasteiger partial charge in [0.05, 0.1) is 5.56 Å². The van der Waals surface area contributed by atoms with Crippen LogP contribution in [0.25, 0.3) is 22.4 Å². The van der Waals surface area contributed by atoms with E-state index >= 15 is 0 Å². The first-order chi connectivity index (χ1) is 10.1. The second-order valence-corrected chi connectivity index (χ2v) is 6.42. The summed E-state index contributed by atoms with van der Waals surface area (Å²) in [5.74, 6) is 0.320. The van der Waals surface area contributed by atoms with Gasteiger partial charge in [-0.3, -0.25) is 0 Å². The lowest BCUT2D eigenvalue weighted by Crippen LogP contribution is -1.89. The summed E-state index contributed by atoms with van der Waals surface area (Å²) in [5, 5.41) is 4.15.